The van der Waals surface area contributed by atoms with Gasteiger partial charge in [0.2, 0.25) is 0 Å². The highest BCUT2D eigenvalue weighted by Crippen LogP contribution is 2.38. The summed E-state index contributed by atoms with van der Waals surface area (Å²) in [6, 6.07) is 1.27. The van der Waals surface area contributed by atoms with Gasteiger partial charge in [0.1, 0.15) is 5.82 Å². The Balaban J connectivity index is 3.23. The molecule has 0 amide bonds. The van der Waals surface area contributed by atoms with E-state index in [-0.39, 0.29) is 6.61 Å². The van der Waals surface area contributed by atoms with Crippen molar-refractivity contribution in [3.05, 3.63) is 21.9 Å². The standard InChI is InChI=1S/C11H14BrFO3/c1-15-9-6-8(13)10(12)7(4-3-5-14)11(9)16-2/h6,14H,3-5H2,1-2H3. The van der Waals surface area contributed by atoms with Crippen molar-refractivity contribution >= 4 is 15.9 Å². The van der Waals surface area contributed by atoms with Crippen LogP contribution < -0.4 is 9.47 Å². The number of ether oxygens (including phenoxy) is 2. The number of hydrogen-bond acceptors (Lipinski definition) is 3. The van der Waals surface area contributed by atoms with Crippen LogP contribution >= 0.6 is 15.9 Å². The minimum atomic E-state index is -0.398. The second-order valence-corrected chi connectivity index (χ2v) is 4.01. The molecule has 0 atom stereocenters. The maximum Gasteiger partial charge on any atom is 0.165 e. The number of methoxy groups -OCH3 is 2. The Morgan fingerprint density at radius 2 is 2.06 bits per heavy atom. The van der Waals surface area contributed by atoms with Gasteiger partial charge in [-0.1, -0.05) is 0 Å². The van der Waals surface area contributed by atoms with E-state index in [9.17, 15) is 4.39 Å². The molecule has 0 radical (unpaired) electrons. The molecule has 0 unspecified atom stereocenters. The smallest absolute Gasteiger partial charge is 0.165 e. The molecule has 1 rings (SSSR count). The summed E-state index contributed by atoms with van der Waals surface area (Å²) < 4.78 is 24.1. The van der Waals surface area contributed by atoms with E-state index in [2.05, 4.69) is 15.9 Å². The van der Waals surface area contributed by atoms with Crippen LogP contribution in [0.2, 0.25) is 0 Å². The van der Waals surface area contributed by atoms with E-state index in [4.69, 9.17) is 14.6 Å². The highest BCUT2D eigenvalue weighted by atomic mass is 79.9. The van der Waals surface area contributed by atoms with Gasteiger partial charge in [-0.15, -0.1) is 0 Å². The minimum absolute atomic E-state index is 0.0500. The van der Waals surface area contributed by atoms with Gasteiger partial charge in [0.25, 0.3) is 0 Å². The maximum absolute atomic E-state index is 13.5. The lowest BCUT2D eigenvalue weighted by Gasteiger charge is -2.14. The van der Waals surface area contributed by atoms with E-state index in [1.165, 1.54) is 20.3 Å². The van der Waals surface area contributed by atoms with Crippen molar-refractivity contribution in [2.24, 2.45) is 0 Å². The average molecular weight is 293 g/mol. The van der Waals surface area contributed by atoms with Crippen molar-refractivity contribution in [3.63, 3.8) is 0 Å². The van der Waals surface area contributed by atoms with Gasteiger partial charge in [0, 0.05) is 18.2 Å². The number of aliphatic hydroxyl groups is 1. The normalized spacial score (nSPS) is 10.3. The molecule has 0 saturated heterocycles. The Labute approximate surface area is 102 Å². The molecule has 0 aliphatic carbocycles. The van der Waals surface area contributed by atoms with Crippen LogP contribution in [-0.4, -0.2) is 25.9 Å². The number of benzene rings is 1. The second kappa shape index (κ2) is 6.06. The van der Waals surface area contributed by atoms with Gasteiger partial charge in [-0.2, -0.15) is 0 Å². The van der Waals surface area contributed by atoms with Crippen molar-refractivity contribution in [1.29, 1.82) is 0 Å². The molecule has 0 aliphatic heterocycles. The Hall–Kier alpha value is -0.810. The van der Waals surface area contributed by atoms with Gasteiger partial charge in [0.05, 0.1) is 18.7 Å². The number of rotatable bonds is 5. The van der Waals surface area contributed by atoms with Crippen molar-refractivity contribution < 1.29 is 19.0 Å². The number of halogens is 2. The molecule has 0 aromatic heterocycles. The fourth-order valence-electron chi connectivity index (χ4n) is 1.49. The third-order valence-electron chi connectivity index (χ3n) is 2.24. The Morgan fingerprint density at radius 3 is 2.56 bits per heavy atom. The first-order valence-corrected chi connectivity index (χ1v) is 5.64. The van der Waals surface area contributed by atoms with Crippen LogP contribution in [0, 0.1) is 5.82 Å². The van der Waals surface area contributed by atoms with Crippen molar-refractivity contribution in [3.8, 4) is 11.5 Å². The summed E-state index contributed by atoms with van der Waals surface area (Å²) in [4.78, 5) is 0. The van der Waals surface area contributed by atoms with Crippen LogP contribution in [0.4, 0.5) is 4.39 Å². The first kappa shape index (κ1) is 13.3. The molecule has 0 fully saturated rings. The van der Waals surface area contributed by atoms with Crippen LogP contribution in [-0.2, 0) is 6.42 Å². The molecule has 0 aliphatic rings. The van der Waals surface area contributed by atoms with E-state index in [1.807, 2.05) is 0 Å². The number of aliphatic hydroxyl groups excluding tert-OH is 1. The van der Waals surface area contributed by atoms with Gasteiger partial charge in [-0.25, -0.2) is 4.39 Å². The fraction of sp³-hybridized carbons (Fsp3) is 0.455. The summed E-state index contributed by atoms with van der Waals surface area (Å²) in [5, 5.41) is 8.80. The van der Waals surface area contributed by atoms with E-state index in [0.29, 0.717) is 34.4 Å². The molecule has 3 nitrogen and oxygen atoms in total. The van der Waals surface area contributed by atoms with E-state index in [1.54, 1.807) is 0 Å². The molecule has 0 spiro atoms. The summed E-state index contributed by atoms with van der Waals surface area (Å²) in [5.41, 5.74) is 0.674. The van der Waals surface area contributed by atoms with Gasteiger partial charge < -0.3 is 14.6 Å². The molecule has 16 heavy (non-hydrogen) atoms. The van der Waals surface area contributed by atoms with E-state index in [0.717, 1.165) is 0 Å². The average Bonchev–Trinajstić information content (AvgIpc) is 2.30. The zero-order valence-electron chi connectivity index (χ0n) is 9.22. The second-order valence-electron chi connectivity index (χ2n) is 3.21. The van der Waals surface area contributed by atoms with Crippen molar-refractivity contribution in [1.82, 2.24) is 0 Å². The van der Waals surface area contributed by atoms with Crippen molar-refractivity contribution in [2.45, 2.75) is 12.8 Å². The van der Waals surface area contributed by atoms with Crippen LogP contribution in [0.5, 0.6) is 11.5 Å². The summed E-state index contributed by atoms with van der Waals surface area (Å²) in [6.07, 6.45) is 1.07. The lowest BCUT2D eigenvalue weighted by atomic mass is 10.1. The maximum atomic E-state index is 13.5. The lowest BCUT2D eigenvalue weighted by molar-refractivity contribution is 0.286. The SMILES string of the molecule is COc1cc(F)c(Br)c(CCCO)c1OC. The highest BCUT2D eigenvalue weighted by molar-refractivity contribution is 9.10. The Kier molecular flexibility index (Phi) is 5.02. The fourth-order valence-corrected chi connectivity index (χ4v) is 1.98. The predicted octanol–water partition coefficient (Wildman–Crippen LogP) is 2.53. The summed E-state index contributed by atoms with van der Waals surface area (Å²) in [6.45, 7) is 0.0500. The van der Waals surface area contributed by atoms with Gasteiger partial charge in [-0.05, 0) is 28.8 Å². The third kappa shape index (κ3) is 2.65. The summed E-state index contributed by atoms with van der Waals surface area (Å²) >= 11 is 3.17. The topological polar surface area (TPSA) is 38.7 Å². The molecule has 90 valence electrons. The molecule has 0 bridgehead atoms. The first-order valence-electron chi connectivity index (χ1n) is 4.85. The number of hydrogen-bond donors (Lipinski definition) is 1. The highest BCUT2D eigenvalue weighted by Gasteiger charge is 2.17. The Bertz CT molecular complexity index is 369. The van der Waals surface area contributed by atoms with Gasteiger partial charge >= 0.3 is 0 Å². The summed E-state index contributed by atoms with van der Waals surface area (Å²) in [5.74, 6) is 0.464. The summed E-state index contributed by atoms with van der Waals surface area (Å²) in [7, 11) is 2.96. The van der Waals surface area contributed by atoms with Gasteiger partial charge in [-0.3, -0.25) is 0 Å². The molecular weight excluding hydrogens is 279 g/mol. The molecule has 5 heteroatoms. The van der Waals surface area contributed by atoms with Crippen molar-refractivity contribution in [2.75, 3.05) is 20.8 Å². The van der Waals surface area contributed by atoms with Crippen LogP contribution in [0.15, 0.2) is 10.5 Å². The molecule has 0 heterocycles. The zero-order chi connectivity index (χ0) is 12.1. The quantitative estimate of drug-likeness (QED) is 0.906. The largest absolute Gasteiger partial charge is 0.493 e. The Morgan fingerprint density at radius 1 is 1.38 bits per heavy atom. The molecule has 0 saturated carbocycles. The minimum Gasteiger partial charge on any atom is -0.493 e. The monoisotopic (exact) mass is 292 g/mol. The first-order chi connectivity index (χ1) is 7.65. The van der Waals surface area contributed by atoms with Gasteiger partial charge in [0.15, 0.2) is 11.5 Å². The predicted molar refractivity (Wildman–Crippen MR) is 62.6 cm³/mol. The molecule has 1 N–H and O–H groups in total. The van der Waals surface area contributed by atoms with Crippen LogP contribution in [0.3, 0.4) is 0 Å². The molecule has 1 aromatic carbocycles. The van der Waals surface area contributed by atoms with Crippen LogP contribution in [0.1, 0.15) is 12.0 Å². The third-order valence-corrected chi connectivity index (χ3v) is 3.10. The molecular formula is C11H14BrFO3. The van der Waals surface area contributed by atoms with E-state index < -0.39 is 5.82 Å². The zero-order valence-corrected chi connectivity index (χ0v) is 10.8. The lowest BCUT2D eigenvalue weighted by Crippen LogP contribution is -2.01. The molecule has 1 aromatic rings. The van der Waals surface area contributed by atoms with Crippen LogP contribution in [0.25, 0.3) is 0 Å². The van der Waals surface area contributed by atoms with E-state index >= 15 is 0 Å².